The van der Waals surface area contributed by atoms with Crippen LogP contribution < -0.4 is 15.2 Å². The summed E-state index contributed by atoms with van der Waals surface area (Å²) in [5, 5.41) is 1.31. The van der Waals surface area contributed by atoms with Gasteiger partial charge in [-0.1, -0.05) is 11.6 Å². The number of nitrogens with zero attached hydrogens (tertiary/aromatic N) is 1. The van der Waals surface area contributed by atoms with Crippen LogP contribution in [-0.4, -0.2) is 36.8 Å². The SMILES string of the molecule is COc1cc2c(Cl)c(Br)cnc2cc1OCC[C@H](N)C(=O)OC1CCCC1. The Labute approximate surface area is 171 Å². The van der Waals surface area contributed by atoms with Crippen molar-refractivity contribution >= 4 is 44.4 Å². The second-order valence-electron chi connectivity index (χ2n) is 6.53. The molecule has 1 aliphatic carbocycles. The molecule has 2 N–H and O–H groups in total. The van der Waals surface area contributed by atoms with Crippen LogP contribution in [0.4, 0.5) is 0 Å². The molecule has 0 amide bonds. The predicted molar refractivity (Wildman–Crippen MR) is 107 cm³/mol. The number of hydrogen-bond acceptors (Lipinski definition) is 6. The summed E-state index contributed by atoms with van der Waals surface area (Å²) in [7, 11) is 1.55. The lowest BCUT2D eigenvalue weighted by atomic mass is 10.2. The van der Waals surface area contributed by atoms with Gasteiger partial charge in [0.25, 0.3) is 0 Å². The van der Waals surface area contributed by atoms with E-state index in [1.165, 1.54) is 0 Å². The summed E-state index contributed by atoms with van der Waals surface area (Å²) >= 11 is 9.67. The summed E-state index contributed by atoms with van der Waals surface area (Å²) in [6.07, 6.45) is 6.06. The first-order valence-electron chi connectivity index (χ1n) is 8.90. The van der Waals surface area contributed by atoms with Crippen molar-refractivity contribution in [1.82, 2.24) is 4.98 Å². The van der Waals surface area contributed by atoms with E-state index in [-0.39, 0.29) is 18.7 Å². The van der Waals surface area contributed by atoms with E-state index in [4.69, 9.17) is 31.5 Å². The monoisotopic (exact) mass is 456 g/mol. The van der Waals surface area contributed by atoms with Gasteiger partial charge in [0.1, 0.15) is 12.1 Å². The van der Waals surface area contributed by atoms with Crippen molar-refractivity contribution in [3.05, 3.63) is 27.8 Å². The molecule has 1 aliphatic rings. The molecule has 0 unspecified atom stereocenters. The zero-order valence-electron chi connectivity index (χ0n) is 15.0. The number of carbonyl (C=O) groups is 1. The van der Waals surface area contributed by atoms with E-state index in [1.807, 2.05) is 0 Å². The number of benzene rings is 1. The van der Waals surface area contributed by atoms with Gasteiger partial charge in [-0.15, -0.1) is 0 Å². The van der Waals surface area contributed by atoms with Gasteiger partial charge >= 0.3 is 5.97 Å². The van der Waals surface area contributed by atoms with Gasteiger partial charge in [-0.2, -0.15) is 0 Å². The summed E-state index contributed by atoms with van der Waals surface area (Å²) in [5.74, 6) is 0.688. The van der Waals surface area contributed by atoms with Crippen molar-refractivity contribution in [1.29, 1.82) is 0 Å². The van der Waals surface area contributed by atoms with Gasteiger partial charge < -0.3 is 19.9 Å². The maximum absolute atomic E-state index is 12.1. The molecule has 0 saturated heterocycles. The van der Waals surface area contributed by atoms with Gasteiger partial charge in [0.15, 0.2) is 11.5 Å². The van der Waals surface area contributed by atoms with Crippen LogP contribution >= 0.6 is 27.5 Å². The Hall–Kier alpha value is -1.57. The zero-order valence-corrected chi connectivity index (χ0v) is 17.4. The molecule has 27 heavy (non-hydrogen) atoms. The number of fused-ring (bicyclic) bond motifs is 1. The van der Waals surface area contributed by atoms with Gasteiger partial charge in [0.05, 0.1) is 28.7 Å². The minimum Gasteiger partial charge on any atom is -0.493 e. The molecule has 1 aromatic carbocycles. The summed E-state index contributed by atoms with van der Waals surface area (Å²) in [6.45, 7) is 0.257. The number of esters is 1. The fourth-order valence-corrected chi connectivity index (χ4v) is 3.60. The third-order valence-corrected chi connectivity index (χ3v) is 5.86. The smallest absolute Gasteiger partial charge is 0.323 e. The molecule has 3 rings (SSSR count). The van der Waals surface area contributed by atoms with Crippen LogP contribution in [0.2, 0.25) is 5.02 Å². The third-order valence-electron chi connectivity index (χ3n) is 4.62. The second-order valence-corrected chi connectivity index (χ2v) is 7.76. The van der Waals surface area contributed by atoms with Crippen LogP contribution in [0.1, 0.15) is 32.1 Å². The molecule has 146 valence electrons. The number of carbonyl (C=O) groups excluding carboxylic acids is 1. The van der Waals surface area contributed by atoms with E-state index >= 15 is 0 Å². The molecular weight excluding hydrogens is 436 g/mol. The van der Waals surface area contributed by atoms with Gasteiger partial charge in [-0.25, -0.2) is 0 Å². The van der Waals surface area contributed by atoms with Gasteiger partial charge in [-0.05, 0) is 47.7 Å². The van der Waals surface area contributed by atoms with Crippen molar-refractivity contribution in [3.63, 3.8) is 0 Å². The van der Waals surface area contributed by atoms with Crippen molar-refractivity contribution in [2.45, 2.75) is 44.2 Å². The lowest BCUT2D eigenvalue weighted by Gasteiger charge is -2.17. The van der Waals surface area contributed by atoms with Crippen LogP contribution in [-0.2, 0) is 9.53 Å². The van der Waals surface area contributed by atoms with Gasteiger partial charge in [-0.3, -0.25) is 9.78 Å². The topological polar surface area (TPSA) is 83.7 Å². The number of methoxy groups -OCH3 is 1. The first kappa shape index (κ1) is 20.2. The Morgan fingerprint density at radius 2 is 2.11 bits per heavy atom. The molecular formula is C19H22BrClN2O4. The number of ether oxygens (including phenoxy) is 3. The van der Waals surface area contributed by atoms with Crippen LogP contribution in [0, 0.1) is 0 Å². The van der Waals surface area contributed by atoms with E-state index in [1.54, 1.807) is 25.4 Å². The highest BCUT2D eigenvalue weighted by Gasteiger charge is 2.23. The van der Waals surface area contributed by atoms with Gasteiger partial charge in [0.2, 0.25) is 0 Å². The number of rotatable bonds is 7. The minimum atomic E-state index is -0.708. The first-order valence-corrected chi connectivity index (χ1v) is 10.1. The van der Waals surface area contributed by atoms with E-state index in [0.29, 0.717) is 32.9 Å². The van der Waals surface area contributed by atoms with E-state index in [2.05, 4.69) is 20.9 Å². The molecule has 1 atom stereocenters. The number of hydrogen-bond donors (Lipinski definition) is 1. The average Bonchev–Trinajstić information content (AvgIpc) is 3.17. The highest BCUT2D eigenvalue weighted by molar-refractivity contribution is 9.10. The maximum atomic E-state index is 12.1. The highest BCUT2D eigenvalue weighted by atomic mass is 79.9. The number of nitrogens with two attached hydrogens (primary N) is 1. The average molecular weight is 458 g/mol. The molecule has 8 heteroatoms. The molecule has 0 radical (unpaired) electrons. The minimum absolute atomic E-state index is 0.0141. The largest absolute Gasteiger partial charge is 0.493 e. The molecule has 1 heterocycles. The first-order chi connectivity index (χ1) is 13.0. The molecule has 0 bridgehead atoms. The summed E-state index contributed by atoms with van der Waals surface area (Å²) in [5.41, 5.74) is 6.62. The van der Waals surface area contributed by atoms with Crippen LogP contribution in [0.3, 0.4) is 0 Å². The van der Waals surface area contributed by atoms with Crippen molar-refractivity contribution in [3.8, 4) is 11.5 Å². The predicted octanol–water partition coefficient (Wildman–Crippen LogP) is 4.24. The Morgan fingerprint density at radius 3 is 2.81 bits per heavy atom. The van der Waals surface area contributed by atoms with Crippen molar-refractivity contribution in [2.24, 2.45) is 5.73 Å². The van der Waals surface area contributed by atoms with Gasteiger partial charge in [0, 0.05) is 24.1 Å². The summed E-state index contributed by atoms with van der Waals surface area (Å²) < 4.78 is 17.3. The standard InChI is InChI=1S/C19H22BrClN2O4/c1-25-16-8-12-15(23-10-13(20)18(12)21)9-17(16)26-7-6-14(22)19(24)27-11-4-2-3-5-11/h8-11,14H,2-7,22H2,1H3/t14-/m0/s1. The Bertz CT molecular complexity index is 827. The van der Waals surface area contributed by atoms with E-state index in [9.17, 15) is 4.79 Å². The van der Waals surface area contributed by atoms with E-state index in [0.717, 1.165) is 31.1 Å². The molecule has 2 aromatic rings. The maximum Gasteiger partial charge on any atom is 0.323 e. The Kier molecular flexibility index (Phi) is 6.78. The van der Waals surface area contributed by atoms with Crippen molar-refractivity contribution in [2.75, 3.05) is 13.7 Å². The van der Waals surface area contributed by atoms with Crippen LogP contribution in [0.5, 0.6) is 11.5 Å². The van der Waals surface area contributed by atoms with Crippen LogP contribution in [0.15, 0.2) is 22.8 Å². The molecule has 1 aromatic heterocycles. The van der Waals surface area contributed by atoms with Crippen molar-refractivity contribution < 1.29 is 19.0 Å². The molecule has 0 spiro atoms. The third kappa shape index (κ3) is 4.83. The Balaban J connectivity index is 1.62. The zero-order chi connectivity index (χ0) is 19.4. The summed E-state index contributed by atoms with van der Waals surface area (Å²) in [4.78, 5) is 16.4. The molecule has 6 nitrogen and oxygen atoms in total. The quantitative estimate of drug-likeness (QED) is 0.626. The molecule has 1 saturated carbocycles. The number of aromatic nitrogens is 1. The second kappa shape index (κ2) is 9.08. The molecule has 1 fully saturated rings. The fourth-order valence-electron chi connectivity index (χ4n) is 3.09. The number of halogens is 2. The van der Waals surface area contributed by atoms with Crippen LogP contribution in [0.25, 0.3) is 10.9 Å². The lowest BCUT2D eigenvalue weighted by molar-refractivity contribution is -0.150. The fraction of sp³-hybridized carbons (Fsp3) is 0.474. The Morgan fingerprint density at radius 1 is 1.37 bits per heavy atom. The summed E-state index contributed by atoms with van der Waals surface area (Å²) in [6, 6.07) is 2.83. The molecule has 0 aliphatic heterocycles. The normalized spacial score (nSPS) is 15.7. The number of pyridine rings is 1. The van der Waals surface area contributed by atoms with E-state index < -0.39 is 6.04 Å². The highest BCUT2D eigenvalue weighted by Crippen LogP contribution is 2.37. The lowest BCUT2D eigenvalue weighted by Crippen LogP contribution is -2.35.